The van der Waals surface area contributed by atoms with Crippen LogP contribution in [0.25, 0.3) is 0 Å². The van der Waals surface area contributed by atoms with Crippen LogP contribution in [0.1, 0.15) is 30.1 Å². The van der Waals surface area contributed by atoms with E-state index in [1.807, 2.05) is 14.0 Å². The molecule has 0 aliphatic carbocycles. The van der Waals surface area contributed by atoms with E-state index in [2.05, 4.69) is 20.2 Å². The average molecular weight is 335 g/mol. The van der Waals surface area contributed by atoms with E-state index in [4.69, 9.17) is 4.74 Å². The van der Waals surface area contributed by atoms with Crippen molar-refractivity contribution in [2.45, 2.75) is 19.8 Å². The van der Waals surface area contributed by atoms with Gasteiger partial charge in [-0.2, -0.15) is 0 Å². The van der Waals surface area contributed by atoms with Crippen molar-refractivity contribution in [3.05, 3.63) is 18.0 Å². The summed E-state index contributed by atoms with van der Waals surface area (Å²) in [7, 11) is 3.59. The number of ether oxygens (including phenoxy) is 1. The monoisotopic (exact) mass is 335 g/mol. The molecule has 2 heterocycles. The number of amides is 1. The molecule has 1 N–H and O–H groups in total. The number of carbonyl (C=O) groups is 1. The Hall–Kier alpha value is -1.73. The standard InChI is InChI=1S/C17H29N5O2/c1-4-18-17-19-10-15(11-20-17)16(23)21(2)12-14-6-5-7-22(13-14)8-9-24-3/h10-11,14H,4-9,12-13H2,1-3H3,(H,18,19,20)/t14-/m1/s1. The lowest BCUT2D eigenvalue weighted by Gasteiger charge is -2.34. The number of aromatic nitrogens is 2. The van der Waals surface area contributed by atoms with Crippen LogP contribution in [-0.2, 0) is 4.74 Å². The summed E-state index contributed by atoms with van der Waals surface area (Å²) in [5.41, 5.74) is 0.534. The van der Waals surface area contributed by atoms with Crippen molar-refractivity contribution in [3.8, 4) is 0 Å². The van der Waals surface area contributed by atoms with Crippen molar-refractivity contribution in [1.82, 2.24) is 19.8 Å². The smallest absolute Gasteiger partial charge is 0.256 e. The summed E-state index contributed by atoms with van der Waals surface area (Å²) < 4.78 is 5.16. The lowest BCUT2D eigenvalue weighted by atomic mass is 9.97. The summed E-state index contributed by atoms with van der Waals surface area (Å²) in [6.07, 6.45) is 5.53. The second kappa shape index (κ2) is 9.54. The fraction of sp³-hybridized carbons (Fsp3) is 0.706. The van der Waals surface area contributed by atoms with Crippen LogP contribution in [0.3, 0.4) is 0 Å². The third-order valence-corrected chi connectivity index (χ3v) is 4.33. The molecule has 1 atom stereocenters. The first kappa shape index (κ1) is 18.6. The van der Waals surface area contributed by atoms with E-state index in [1.54, 1.807) is 24.4 Å². The number of nitrogens with one attached hydrogen (secondary N) is 1. The molecule has 0 radical (unpaired) electrons. The lowest BCUT2D eigenvalue weighted by molar-refractivity contribution is 0.0702. The van der Waals surface area contributed by atoms with E-state index in [1.165, 1.54) is 6.42 Å². The topological polar surface area (TPSA) is 70.6 Å². The van der Waals surface area contributed by atoms with Gasteiger partial charge in [0.05, 0.1) is 12.2 Å². The molecule has 7 heteroatoms. The zero-order chi connectivity index (χ0) is 17.4. The minimum Gasteiger partial charge on any atom is -0.383 e. The van der Waals surface area contributed by atoms with E-state index in [-0.39, 0.29) is 5.91 Å². The predicted octanol–water partition coefficient (Wildman–Crippen LogP) is 1.34. The second-order valence-corrected chi connectivity index (χ2v) is 6.31. The molecule has 0 bridgehead atoms. The number of likely N-dealkylation sites (tertiary alicyclic amines) is 1. The van der Waals surface area contributed by atoms with Gasteiger partial charge in [0.1, 0.15) is 0 Å². The Bertz CT molecular complexity index is 508. The fourth-order valence-electron chi connectivity index (χ4n) is 3.10. The minimum absolute atomic E-state index is 0.0212. The highest BCUT2D eigenvalue weighted by Gasteiger charge is 2.23. The van der Waals surface area contributed by atoms with Crippen LogP contribution >= 0.6 is 0 Å². The molecule has 1 saturated heterocycles. The molecule has 1 aromatic rings. The first-order valence-electron chi connectivity index (χ1n) is 8.66. The van der Waals surface area contributed by atoms with Gasteiger partial charge in [0.25, 0.3) is 5.91 Å². The molecule has 0 saturated carbocycles. The average Bonchev–Trinajstić information content (AvgIpc) is 2.60. The largest absolute Gasteiger partial charge is 0.383 e. The number of hydrogen-bond acceptors (Lipinski definition) is 6. The van der Waals surface area contributed by atoms with Crippen molar-refractivity contribution < 1.29 is 9.53 Å². The Morgan fingerprint density at radius 2 is 2.21 bits per heavy atom. The van der Waals surface area contributed by atoms with Crippen LogP contribution in [-0.4, -0.2) is 79.2 Å². The van der Waals surface area contributed by atoms with Gasteiger partial charge in [-0.3, -0.25) is 4.79 Å². The van der Waals surface area contributed by atoms with Gasteiger partial charge in [-0.05, 0) is 32.2 Å². The number of methoxy groups -OCH3 is 1. The summed E-state index contributed by atoms with van der Waals surface area (Å²) in [6, 6.07) is 0. The normalized spacial score (nSPS) is 18.4. The number of nitrogens with zero attached hydrogens (tertiary/aromatic N) is 4. The maximum Gasteiger partial charge on any atom is 0.256 e. The molecule has 0 unspecified atom stereocenters. The molecule has 24 heavy (non-hydrogen) atoms. The van der Waals surface area contributed by atoms with Crippen LogP contribution in [0.15, 0.2) is 12.4 Å². The van der Waals surface area contributed by atoms with Crippen LogP contribution in [0.4, 0.5) is 5.95 Å². The van der Waals surface area contributed by atoms with E-state index < -0.39 is 0 Å². The zero-order valence-electron chi connectivity index (χ0n) is 15.0. The van der Waals surface area contributed by atoms with E-state index >= 15 is 0 Å². The third-order valence-electron chi connectivity index (χ3n) is 4.33. The maximum atomic E-state index is 12.5. The van der Waals surface area contributed by atoms with Crippen molar-refractivity contribution in [2.75, 3.05) is 58.8 Å². The predicted molar refractivity (Wildman–Crippen MR) is 94.2 cm³/mol. The van der Waals surface area contributed by atoms with E-state index in [9.17, 15) is 4.79 Å². The summed E-state index contributed by atoms with van der Waals surface area (Å²) in [5, 5.41) is 3.03. The van der Waals surface area contributed by atoms with Gasteiger partial charge in [0.2, 0.25) is 5.95 Å². The Morgan fingerprint density at radius 3 is 2.88 bits per heavy atom. The Labute approximate surface area is 144 Å². The molecule has 134 valence electrons. The van der Waals surface area contributed by atoms with Gasteiger partial charge in [0.15, 0.2) is 0 Å². The summed E-state index contributed by atoms with van der Waals surface area (Å²) >= 11 is 0. The first-order valence-corrected chi connectivity index (χ1v) is 8.66. The van der Waals surface area contributed by atoms with Gasteiger partial charge >= 0.3 is 0 Å². The molecule has 1 aliphatic rings. The molecular weight excluding hydrogens is 306 g/mol. The van der Waals surface area contributed by atoms with Crippen LogP contribution in [0, 0.1) is 5.92 Å². The highest BCUT2D eigenvalue weighted by Crippen LogP contribution is 2.18. The number of piperidine rings is 1. The quantitative estimate of drug-likeness (QED) is 0.773. The van der Waals surface area contributed by atoms with Crippen molar-refractivity contribution in [3.63, 3.8) is 0 Å². The Balaban J connectivity index is 1.86. The first-order chi connectivity index (χ1) is 11.6. The van der Waals surface area contributed by atoms with Gasteiger partial charge in [-0.1, -0.05) is 0 Å². The minimum atomic E-state index is -0.0212. The van der Waals surface area contributed by atoms with Crippen LogP contribution in [0.5, 0.6) is 0 Å². The van der Waals surface area contributed by atoms with Gasteiger partial charge in [-0.25, -0.2) is 9.97 Å². The maximum absolute atomic E-state index is 12.5. The molecule has 1 aliphatic heterocycles. The number of carbonyl (C=O) groups excluding carboxylic acids is 1. The number of hydrogen-bond donors (Lipinski definition) is 1. The fourth-order valence-corrected chi connectivity index (χ4v) is 3.10. The van der Waals surface area contributed by atoms with Gasteiger partial charge < -0.3 is 19.9 Å². The van der Waals surface area contributed by atoms with Crippen molar-refractivity contribution in [2.24, 2.45) is 5.92 Å². The molecule has 7 nitrogen and oxygen atoms in total. The summed E-state index contributed by atoms with van der Waals surface area (Å²) in [5.74, 6) is 1.04. The molecule has 2 rings (SSSR count). The highest BCUT2D eigenvalue weighted by atomic mass is 16.5. The lowest BCUT2D eigenvalue weighted by Crippen LogP contribution is -2.42. The number of rotatable bonds is 8. The summed E-state index contributed by atoms with van der Waals surface area (Å²) in [6.45, 7) is 7.37. The van der Waals surface area contributed by atoms with Crippen molar-refractivity contribution >= 4 is 11.9 Å². The Morgan fingerprint density at radius 1 is 1.46 bits per heavy atom. The second-order valence-electron chi connectivity index (χ2n) is 6.31. The molecule has 0 spiro atoms. The van der Waals surface area contributed by atoms with Crippen molar-refractivity contribution in [1.29, 1.82) is 0 Å². The molecule has 1 fully saturated rings. The van der Waals surface area contributed by atoms with E-state index in [0.29, 0.717) is 17.4 Å². The molecule has 0 aromatic carbocycles. The van der Waals surface area contributed by atoms with E-state index in [0.717, 1.165) is 45.8 Å². The molecule has 1 amide bonds. The molecule has 1 aromatic heterocycles. The number of anilines is 1. The third kappa shape index (κ3) is 5.42. The van der Waals surface area contributed by atoms with Gasteiger partial charge in [-0.15, -0.1) is 0 Å². The van der Waals surface area contributed by atoms with Gasteiger partial charge in [0, 0.05) is 52.7 Å². The highest BCUT2D eigenvalue weighted by molar-refractivity contribution is 5.93. The SMILES string of the molecule is CCNc1ncc(C(=O)N(C)C[C@H]2CCCN(CCOC)C2)cn1. The van der Waals surface area contributed by atoms with Crippen LogP contribution in [0.2, 0.25) is 0 Å². The van der Waals surface area contributed by atoms with Crippen LogP contribution < -0.4 is 5.32 Å². The summed E-state index contributed by atoms with van der Waals surface area (Å²) in [4.78, 5) is 25.1. The molecular formula is C17H29N5O2. The Kier molecular flexibility index (Phi) is 7.39. The zero-order valence-corrected chi connectivity index (χ0v) is 15.0.